The summed E-state index contributed by atoms with van der Waals surface area (Å²) in [6.45, 7) is 3.59. The highest BCUT2D eigenvalue weighted by Gasteiger charge is 2.36. The molecule has 38 heavy (non-hydrogen) atoms. The predicted molar refractivity (Wildman–Crippen MR) is 144 cm³/mol. The molecule has 1 aromatic heterocycles. The number of thiazole rings is 1. The van der Waals surface area contributed by atoms with E-state index in [0.717, 1.165) is 22.1 Å². The number of nitrogens with zero attached hydrogens (tertiary/aromatic N) is 2. The number of hydrogen-bond donors (Lipinski definition) is 0. The van der Waals surface area contributed by atoms with Gasteiger partial charge in [-0.1, -0.05) is 41.7 Å². The molecule has 0 aliphatic carbocycles. The third-order valence-electron chi connectivity index (χ3n) is 6.43. The van der Waals surface area contributed by atoms with Crippen LogP contribution in [0.2, 0.25) is 0 Å². The van der Waals surface area contributed by atoms with Crippen LogP contribution in [-0.2, 0) is 9.53 Å². The maximum atomic E-state index is 14.4. The quantitative estimate of drug-likeness (QED) is 0.350. The number of carbonyl (C=O) groups is 1. The van der Waals surface area contributed by atoms with Crippen LogP contribution in [0.4, 0.5) is 4.39 Å². The number of aromatic nitrogens is 1. The maximum Gasteiger partial charge on any atom is 0.338 e. The summed E-state index contributed by atoms with van der Waals surface area (Å²) < 4.78 is 32.8. The lowest BCUT2D eigenvalue weighted by Gasteiger charge is -2.27. The number of esters is 1. The van der Waals surface area contributed by atoms with Gasteiger partial charge in [0.1, 0.15) is 23.4 Å². The first kappa shape index (κ1) is 25.4. The summed E-state index contributed by atoms with van der Waals surface area (Å²) in [4.78, 5) is 32.3. The van der Waals surface area contributed by atoms with Crippen LogP contribution in [-0.4, -0.2) is 31.4 Å². The van der Waals surface area contributed by atoms with E-state index in [9.17, 15) is 14.0 Å². The van der Waals surface area contributed by atoms with Crippen LogP contribution in [0.25, 0.3) is 16.8 Å². The Balaban J connectivity index is 1.88. The molecular formula is C29H25FN2O5S. The van der Waals surface area contributed by atoms with Crippen molar-refractivity contribution in [3.05, 3.63) is 102 Å². The summed E-state index contributed by atoms with van der Waals surface area (Å²) in [5, 5.41) is 1.61. The number of fused-ring (bicyclic) bond motifs is 2. The molecule has 0 bridgehead atoms. The van der Waals surface area contributed by atoms with Crippen molar-refractivity contribution in [1.82, 2.24) is 4.57 Å². The molecule has 0 radical (unpaired) electrons. The third kappa shape index (κ3) is 4.28. The van der Waals surface area contributed by atoms with E-state index in [2.05, 4.69) is 4.99 Å². The van der Waals surface area contributed by atoms with E-state index < -0.39 is 23.4 Å². The van der Waals surface area contributed by atoms with Crippen molar-refractivity contribution >= 4 is 34.2 Å². The normalized spacial score (nSPS) is 15.3. The zero-order valence-electron chi connectivity index (χ0n) is 21.3. The molecule has 1 atom stereocenters. The van der Waals surface area contributed by atoms with Crippen molar-refractivity contribution < 1.29 is 23.4 Å². The molecule has 1 aliphatic heterocycles. The Morgan fingerprint density at radius 2 is 1.89 bits per heavy atom. The van der Waals surface area contributed by atoms with Crippen LogP contribution in [0.3, 0.4) is 0 Å². The summed E-state index contributed by atoms with van der Waals surface area (Å²) in [6.07, 6.45) is 1.50. The van der Waals surface area contributed by atoms with Gasteiger partial charge < -0.3 is 14.2 Å². The van der Waals surface area contributed by atoms with Gasteiger partial charge in [0.15, 0.2) is 4.80 Å². The lowest BCUT2D eigenvalue weighted by molar-refractivity contribution is -0.139. The standard InChI is InChI=1S/C29H25FN2O5S/c1-5-37-28(34)24-16(2)31-29-32(27(33)23(38-29)14-18-8-6-7-9-21(18)30)26(24)25-20-15-19(35-3)12-10-17(20)11-13-22(25)36-4/h6-15,26H,5H2,1-4H3/b23-14-/t26-/m1/s1. The van der Waals surface area contributed by atoms with Crippen molar-refractivity contribution in [2.75, 3.05) is 20.8 Å². The Hall–Kier alpha value is -4.24. The van der Waals surface area contributed by atoms with E-state index in [1.807, 2.05) is 24.3 Å². The van der Waals surface area contributed by atoms with Crippen molar-refractivity contribution in [3.8, 4) is 11.5 Å². The van der Waals surface area contributed by atoms with Crippen LogP contribution < -0.4 is 24.4 Å². The van der Waals surface area contributed by atoms with Gasteiger partial charge in [0.25, 0.3) is 5.56 Å². The molecule has 9 heteroatoms. The largest absolute Gasteiger partial charge is 0.497 e. The highest BCUT2D eigenvalue weighted by molar-refractivity contribution is 7.07. The summed E-state index contributed by atoms with van der Waals surface area (Å²) in [5.74, 6) is 0.0680. The highest BCUT2D eigenvalue weighted by atomic mass is 32.1. The van der Waals surface area contributed by atoms with E-state index in [0.29, 0.717) is 27.6 Å². The molecule has 7 nitrogen and oxygen atoms in total. The van der Waals surface area contributed by atoms with Crippen LogP contribution in [0.5, 0.6) is 11.5 Å². The van der Waals surface area contributed by atoms with Gasteiger partial charge in [0.2, 0.25) is 0 Å². The molecule has 0 saturated heterocycles. The van der Waals surface area contributed by atoms with Gasteiger partial charge in [-0.15, -0.1) is 0 Å². The van der Waals surface area contributed by atoms with E-state index in [1.165, 1.54) is 23.8 Å². The molecule has 194 valence electrons. The molecular weight excluding hydrogens is 507 g/mol. The Morgan fingerprint density at radius 1 is 1.13 bits per heavy atom. The van der Waals surface area contributed by atoms with Gasteiger partial charge in [0, 0.05) is 11.1 Å². The smallest absolute Gasteiger partial charge is 0.338 e. The molecule has 0 amide bonds. The first-order valence-corrected chi connectivity index (χ1v) is 12.8. The minimum absolute atomic E-state index is 0.153. The molecule has 2 heterocycles. The number of allylic oxidation sites excluding steroid dienone is 1. The van der Waals surface area contributed by atoms with E-state index in [-0.39, 0.29) is 22.3 Å². The lowest BCUT2D eigenvalue weighted by Crippen LogP contribution is -2.40. The average molecular weight is 533 g/mol. The Bertz CT molecular complexity index is 1780. The summed E-state index contributed by atoms with van der Waals surface area (Å²) in [7, 11) is 3.11. The molecule has 5 rings (SSSR count). The molecule has 0 spiro atoms. The fourth-order valence-electron chi connectivity index (χ4n) is 4.69. The van der Waals surface area contributed by atoms with Gasteiger partial charge in [-0.25, -0.2) is 14.2 Å². The molecule has 0 N–H and O–H groups in total. The number of methoxy groups -OCH3 is 2. The number of benzene rings is 3. The predicted octanol–water partition coefficient (Wildman–Crippen LogP) is 4.11. The molecule has 0 saturated carbocycles. The number of carbonyl (C=O) groups excluding carboxylic acids is 1. The average Bonchev–Trinajstić information content (AvgIpc) is 3.22. The highest BCUT2D eigenvalue weighted by Crippen LogP contribution is 2.41. The van der Waals surface area contributed by atoms with Crippen LogP contribution in [0.15, 0.2) is 75.7 Å². The van der Waals surface area contributed by atoms with Crippen molar-refractivity contribution in [2.45, 2.75) is 19.9 Å². The van der Waals surface area contributed by atoms with Crippen LogP contribution >= 0.6 is 11.3 Å². The minimum atomic E-state index is -0.904. The van der Waals surface area contributed by atoms with Crippen molar-refractivity contribution in [2.24, 2.45) is 4.99 Å². The zero-order chi connectivity index (χ0) is 27.0. The fourth-order valence-corrected chi connectivity index (χ4v) is 5.72. The van der Waals surface area contributed by atoms with Crippen molar-refractivity contribution in [1.29, 1.82) is 0 Å². The minimum Gasteiger partial charge on any atom is -0.497 e. The number of ether oxygens (including phenoxy) is 3. The van der Waals surface area contributed by atoms with Gasteiger partial charge in [-0.3, -0.25) is 9.36 Å². The fraction of sp³-hybridized carbons (Fsp3) is 0.207. The van der Waals surface area contributed by atoms with E-state index in [1.54, 1.807) is 45.2 Å². The van der Waals surface area contributed by atoms with Crippen LogP contribution in [0, 0.1) is 5.82 Å². The third-order valence-corrected chi connectivity index (χ3v) is 7.42. The Morgan fingerprint density at radius 3 is 2.61 bits per heavy atom. The van der Waals surface area contributed by atoms with Gasteiger partial charge in [-0.2, -0.15) is 0 Å². The Labute approximate surface area is 221 Å². The monoisotopic (exact) mass is 532 g/mol. The van der Waals surface area contributed by atoms with E-state index in [4.69, 9.17) is 14.2 Å². The second-order valence-corrected chi connectivity index (χ2v) is 9.60. The topological polar surface area (TPSA) is 79.1 Å². The van der Waals surface area contributed by atoms with Gasteiger partial charge >= 0.3 is 5.97 Å². The second kappa shape index (κ2) is 10.3. The Kier molecular flexibility index (Phi) is 6.86. The molecule has 0 unspecified atom stereocenters. The number of rotatable bonds is 6. The lowest BCUT2D eigenvalue weighted by atomic mass is 9.90. The first-order valence-electron chi connectivity index (χ1n) is 12.0. The zero-order valence-corrected chi connectivity index (χ0v) is 22.1. The summed E-state index contributed by atoms with van der Waals surface area (Å²) in [6, 6.07) is 14.6. The second-order valence-electron chi connectivity index (χ2n) is 8.59. The number of hydrogen-bond acceptors (Lipinski definition) is 7. The molecule has 1 aliphatic rings. The van der Waals surface area contributed by atoms with Crippen molar-refractivity contribution in [3.63, 3.8) is 0 Å². The molecule has 0 fully saturated rings. The first-order chi connectivity index (χ1) is 18.4. The summed E-state index contributed by atoms with van der Waals surface area (Å²) >= 11 is 1.13. The molecule has 4 aromatic rings. The van der Waals surface area contributed by atoms with Gasteiger partial charge in [-0.05, 0) is 55.0 Å². The van der Waals surface area contributed by atoms with E-state index >= 15 is 0 Å². The number of halogens is 1. The maximum absolute atomic E-state index is 14.4. The summed E-state index contributed by atoms with van der Waals surface area (Å²) in [5.41, 5.74) is 1.13. The van der Waals surface area contributed by atoms with Crippen LogP contribution in [0.1, 0.15) is 31.0 Å². The SMILES string of the molecule is CCOC(=O)C1=C(C)N=c2s/c(=C\c3ccccc3F)c(=O)n2[C@H]1c1c(OC)ccc2ccc(OC)cc12. The van der Waals surface area contributed by atoms with Gasteiger partial charge in [0.05, 0.1) is 36.6 Å². The molecule has 3 aromatic carbocycles.